The summed E-state index contributed by atoms with van der Waals surface area (Å²) in [5.41, 5.74) is 2.40. The van der Waals surface area contributed by atoms with Crippen LogP contribution in [0.4, 0.5) is 32.0 Å². The van der Waals surface area contributed by atoms with Crippen LogP contribution in [0.2, 0.25) is 0 Å². The largest absolute Gasteiger partial charge is 0.416 e. The normalized spacial score (nSPS) is 19.7. The Labute approximate surface area is 196 Å². The summed E-state index contributed by atoms with van der Waals surface area (Å²) in [6.45, 7) is 7.78. The van der Waals surface area contributed by atoms with E-state index in [1.54, 1.807) is 0 Å². The maximum absolute atomic E-state index is 13.3. The molecule has 0 unspecified atom stereocenters. The SMILES string of the molecule is CC(C)(CN)CN=C(Nc1cc(C(F)(F)F)cc(C(F)(F)F)c1)N1CCC(N2CCCC2)CC1. The summed E-state index contributed by atoms with van der Waals surface area (Å²) in [6, 6.07) is 1.94. The monoisotopic (exact) mass is 493 g/mol. The fourth-order valence-corrected chi connectivity index (χ4v) is 4.28. The van der Waals surface area contributed by atoms with Gasteiger partial charge in [0.1, 0.15) is 0 Å². The van der Waals surface area contributed by atoms with Gasteiger partial charge in [0.15, 0.2) is 5.96 Å². The predicted octanol–water partition coefficient (Wildman–Crippen LogP) is 5.04. The molecule has 3 rings (SSSR count). The Hall–Kier alpha value is -2.01. The molecule has 1 aromatic rings. The lowest BCUT2D eigenvalue weighted by Crippen LogP contribution is -2.48. The molecular formula is C23H33F6N5. The first-order valence-electron chi connectivity index (χ1n) is 11.6. The second-order valence-electron chi connectivity index (χ2n) is 9.89. The summed E-state index contributed by atoms with van der Waals surface area (Å²) < 4.78 is 79.9. The van der Waals surface area contributed by atoms with Crippen molar-refractivity contribution in [1.29, 1.82) is 0 Å². The van der Waals surface area contributed by atoms with Crippen molar-refractivity contribution in [2.24, 2.45) is 16.1 Å². The molecule has 0 radical (unpaired) electrons. The highest BCUT2D eigenvalue weighted by Crippen LogP contribution is 2.37. The minimum atomic E-state index is -4.91. The van der Waals surface area contributed by atoms with Gasteiger partial charge in [-0.15, -0.1) is 0 Å². The Morgan fingerprint density at radius 3 is 1.94 bits per heavy atom. The average molecular weight is 494 g/mol. The molecule has 0 bridgehead atoms. The van der Waals surface area contributed by atoms with E-state index >= 15 is 0 Å². The first kappa shape index (κ1) is 26.6. The second kappa shape index (κ2) is 10.3. The van der Waals surface area contributed by atoms with Gasteiger partial charge in [0.2, 0.25) is 0 Å². The summed E-state index contributed by atoms with van der Waals surface area (Å²) in [5.74, 6) is 0.272. The highest BCUT2D eigenvalue weighted by Gasteiger charge is 2.37. The molecule has 5 nitrogen and oxygen atoms in total. The third kappa shape index (κ3) is 7.00. The van der Waals surface area contributed by atoms with Crippen molar-refractivity contribution in [3.8, 4) is 0 Å². The fourth-order valence-electron chi connectivity index (χ4n) is 4.28. The number of alkyl halides is 6. The van der Waals surface area contributed by atoms with Gasteiger partial charge in [-0.25, -0.2) is 0 Å². The van der Waals surface area contributed by atoms with Gasteiger partial charge >= 0.3 is 12.4 Å². The minimum Gasteiger partial charge on any atom is -0.343 e. The third-order valence-corrected chi connectivity index (χ3v) is 6.47. The van der Waals surface area contributed by atoms with Gasteiger partial charge in [-0.2, -0.15) is 26.3 Å². The lowest BCUT2D eigenvalue weighted by Gasteiger charge is -2.38. The molecular weight excluding hydrogens is 460 g/mol. The predicted molar refractivity (Wildman–Crippen MR) is 121 cm³/mol. The summed E-state index contributed by atoms with van der Waals surface area (Å²) in [4.78, 5) is 8.94. The zero-order chi connectivity index (χ0) is 25.1. The fraction of sp³-hybridized carbons (Fsp3) is 0.696. The number of nitrogens with zero attached hydrogens (tertiary/aromatic N) is 3. The van der Waals surface area contributed by atoms with E-state index in [1.807, 2.05) is 18.7 Å². The quantitative estimate of drug-likeness (QED) is 0.343. The molecule has 2 fully saturated rings. The third-order valence-electron chi connectivity index (χ3n) is 6.47. The molecule has 2 aliphatic rings. The van der Waals surface area contributed by atoms with Crippen molar-refractivity contribution in [3.05, 3.63) is 29.3 Å². The highest BCUT2D eigenvalue weighted by molar-refractivity contribution is 5.94. The molecule has 2 saturated heterocycles. The van der Waals surface area contributed by atoms with E-state index in [0.29, 0.717) is 37.8 Å². The molecule has 3 N–H and O–H groups in total. The van der Waals surface area contributed by atoms with Crippen LogP contribution in [0, 0.1) is 5.41 Å². The summed E-state index contributed by atoms with van der Waals surface area (Å²) >= 11 is 0. The molecule has 11 heteroatoms. The number of nitrogens with two attached hydrogens (primary N) is 1. The van der Waals surface area contributed by atoms with Gasteiger partial charge in [0, 0.05) is 31.4 Å². The average Bonchev–Trinajstić information content (AvgIpc) is 3.30. The Morgan fingerprint density at radius 2 is 1.47 bits per heavy atom. The van der Waals surface area contributed by atoms with Crippen molar-refractivity contribution in [2.75, 3.05) is 44.6 Å². The zero-order valence-corrected chi connectivity index (χ0v) is 19.6. The van der Waals surface area contributed by atoms with Crippen LogP contribution in [0.15, 0.2) is 23.2 Å². The number of nitrogens with one attached hydrogen (secondary N) is 1. The molecule has 0 saturated carbocycles. The zero-order valence-electron chi connectivity index (χ0n) is 19.6. The number of hydrogen-bond acceptors (Lipinski definition) is 3. The van der Waals surface area contributed by atoms with Crippen molar-refractivity contribution in [3.63, 3.8) is 0 Å². The highest BCUT2D eigenvalue weighted by atomic mass is 19.4. The van der Waals surface area contributed by atoms with E-state index in [2.05, 4.69) is 15.2 Å². The molecule has 0 aromatic heterocycles. The summed E-state index contributed by atoms with van der Waals surface area (Å²) in [7, 11) is 0. The summed E-state index contributed by atoms with van der Waals surface area (Å²) in [5, 5.41) is 2.78. The van der Waals surface area contributed by atoms with E-state index < -0.39 is 23.5 Å². The van der Waals surface area contributed by atoms with Crippen LogP contribution in [0.25, 0.3) is 0 Å². The number of guanidine groups is 1. The topological polar surface area (TPSA) is 56.9 Å². The van der Waals surface area contributed by atoms with E-state index in [0.717, 1.165) is 25.9 Å². The van der Waals surface area contributed by atoms with Crippen molar-refractivity contribution >= 4 is 11.6 Å². The van der Waals surface area contributed by atoms with Crippen LogP contribution in [-0.2, 0) is 12.4 Å². The number of halogens is 6. The smallest absolute Gasteiger partial charge is 0.343 e. The van der Waals surface area contributed by atoms with Gasteiger partial charge in [-0.1, -0.05) is 13.8 Å². The Balaban J connectivity index is 1.86. The van der Waals surface area contributed by atoms with E-state index in [9.17, 15) is 26.3 Å². The lowest BCUT2D eigenvalue weighted by molar-refractivity contribution is -0.143. The Kier molecular flexibility index (Phi) is 8.07. The van der Waals surface area contributed by atoms with E-state index in [1.165, 1.54) is 12.8 Å². The van der Waals surface area contributed by atoms with Crippen molar-refractivity contribution in [2.45, 2.75) is 57.9 Å². The van der Waals surface area contributed by atoms with Crippen LogP contribution in [0.1, 0.15) is 50.7 Å². The Bertz CT molecular complexity index is 818. The molecule has 192 valence electrons. The molecule has 2 aliphatic heterocycles. The molecule has 2 heterocycles. The maximum Gasteiger partial charge on any atom is 0.416 e. The number of likely N-dealkylation sites (tertiary alicyclic amines) is 2. The summed E-state index contributed by atoms with van der Waals surface area (Å²) in [6.07, 6.45) is -5.75. The molecule has 0 amide bonds. The molecule has 0 aliphatic carbocycles. The van der Waals surface area contributed by atoms with Crippen LogP contribution < -0.4 is 11.1 Å². The first-order chi connectivity index (χ1) is 15.8. The van der Waals surface area contributed by atoms with E-state index in [4.69, 9.17) is 5.73 Å². The Morgan fingerprint density at radius 1 is 0.941 bits per heavy atom. The number of piperidine rings is 1. The number of benzene rings is 1. The van der Waals surface area contributed by atoms with E-state index in [-0.39, 0.29) is 29.7 Å². The molecule has 0 spiro atoms. The van der Waals surface area contributed by atoms with Crippen LogP contribution in [0.5, 0.6) is 0 Å². The van der Waals surface area contributed by atoms with Crippen molar-refractivity contribution in [1.82, 2.24) is 9.80 Å². The number of hydrogen-bond donors (Lipinski definition) is 2. The van der Waals surface area contributed by atoms with Gasteiger partial charge in [-0.3, -0.25) is 4.99 Å². The van der Waals surface area contributed by atoms with Crippen LogP contribution in [-0.4, -0.2) is 61.1 Å². The lowest BCUT2D eigenvalue weighted by atomic mass is 9.94. The maximum atomic E-state index is 13.3. The molecule has 1 aromatic carbocycles. The molecule has 0 atom stereocenters. The number of rotatable bonds is 5. The van der Waals surface area contributed by atoms with Gasteiger partial charge in [-0.05, 0) is 68.9 Å². The van der Waals surface area contributed by atoms with Gasteiger partial charge < -0.3 is 20.9 Å². The minimum absolute atomic E-state index is 0.126. The standard InChI is InChI=1S/C23H33F6N5/c1-21(2,14-30)15-31-20(34-9-5-19(6-10-34)33-7-3-4-8-33)32-18-12-16(22(24,25)26)11-17(13-18)23(27,28)29/h11-13,19H,3-10,14-15,30H2,1-2H3,(H,31,32). The van der Waals surface area contributed by atoms with Gasteiger partial charge in [0.25, 0.3) is 0 Å². The first-order valence-corrected chi connectivity index (χ1v) is 11.6. The van der Waals surface area contributed by atoms with Crippen molar-refractivity contribution < 1.29 is 26.3 Å². The number of anilines is 1. The molecule has 34 heavy (non-hydrogen) atoms. The van der Waals surface area contributed by atoms with Crippen LogP contribution in [0.3, 0.4) is 0 Å². The number of aliphatic imine (C=N–C) groups is 1. The van der Waals surface area contributed by atoms with Gasteiger partial charge in [0.05, 0.1) is 11.1 Å². The van der Waals surface area contributed by atoms with Crippen LogP contribution >= 0.6 is 0 Å². The second-order valence-corrected chi connectivity index (χ2v) is 9.89.